The zero-order chi connectivity index (χ0) is 16.8. The molecule has 0 aliphatic heterocycles. The van der Waals surface area contributed by atoms with Gasteiger partial charge >= 0.3 is 0 Å². The molecule has 4 heteroatoms. The van der Waals surface area contributed by atoms with Gasteiger partial charge in [0.1, 0.15) is 5.82 Å². The van der Waals surface area contributed by atoms with E-state index in [1.807, 2.05) is 19.9 Å². The Morgan fingerprint density at radius 3 is 2.59 bits per heavy atom. The van der Waals surface area contributed by atoms with Crippen molar-refractivity contribution in [3.8, 4) is 0 Å². The van der Waals surface area contributed by atoms with Crippen molar-refractivity contribution in [1.82, 2.24) is 5.32 Å². The van der Waals surface area contributed by atoms with Gasteiger partial charge in [-0.25, -0.2) is 4.39 Å². The minimum Gasteiger partial charge on any atom is -0.349 e. The maximum Gasteiger partial charge on any atom is 0.223 e. The molecule has 0 fully saturated rings. The third kappa shape index (κ3) is 6.14. The van der Waals surface area contributed by atoms with Gasteiger partial charge in [-0.05, 0) is 49.8 Å². The van der Waals surface area contributed by atoms with Gasteiger partial charge in [0.2, 0.25) is 5.91 Å². The van der Waals surface area contributed by atoms with Gasteiger partial charge in [-0.2, -0.15) is 0 Å². The SMILES string of the molecule is CC(C)CC(C)(CN)NC(=O)C(C)CCc1cccc(F)c1. The minimum atomic E-state index is -0.363. The number of carbonyl (C=O) groups excluding carboxylic acids is 1. The van der Waals surface area contributed by atoms with E-state index in [1.165, 1.54) is 12.1 Å². The summed E-state index contributed by atoms with van der Waals surface area (Å²) in [5, 5.41) is 3.08. The molecule has 1 aromatic rings. The highest BCUT2D eigenvalue weighted by molar-refractivity contribution is 5.79. The number of nitrogens with one attached hydrogen (secondary N) is 1. The van der Waals surface area contributed by atoms with E-state index < -0.39 is 0 Å². The van der Waals surface area contributed by atoms with Gasteiger partial charge in [0, 0.05) is 18.0 Å². The predicted octanol–water partition coefficient (Wildman–Crippen LogP) is 3.27. The van der Waals surface area contributed by atoms with Crippen molar-refractivity contribution >= 4 is 5.91 Å². The quantitative estimate of drug-likeness (QED) is 0.774. The summed E-state index contributed by atoms with van der Waals surface area (Å²) in [5.74, 6) is 0.130. The number of benzene rings is 1. The van der Waals surface area contributed by atoms with Gasteiger partial charge < -0.3 is 11.1 Å². The molecule has 1 rings (SSSR count). The van der Waals surface area contributed by atoms with Gasteiger partial charge in [-0.3, -0.25) is 4.79 Å². The van der Waals surface area contributed by atoms with Gasteiger partial charge in [-0.15, -0.1) is 0 Å². The lowest BCUT2D eigenvalue weighted by atomic mass is 9.89. The summed E-state index contributed by atoms with van der Waals surface area (Å²) in [6.45, 7) is 8.56. The van der Waals surface area contributed by atoms with E-state index in [1.54, 1.807) is 6.07 Å². The van der Waals surface area contributed by atoms with Crippen LogP contribution in [0.5, 0.6) is 0 Å². The van der Waals surface area contributed by atoms with Gasteiger partial charge in [0.15, 0.2) is 0 Å². The van der Waals surface area contributed by atoms with Crippen LogP contribution in [0.1, 0.15) is 46.1 Å². The molecule has 0 saturated carbocycles. The maximum atomic E-state index is 13.1. The van der Waals surface area contributed by atoms with Crippen LogP contribution >= 0.6 is 0 Å². The molecule has 0 aliphatic carbocycles. The molecule has 124 valence electrons. The molecule has 3 N–H and O–H groups in total. The number of amides is 1. The smallest absolute Gasteiger partial charge is 0.223 e. The summed E-state index contributed by atoms with van der Waals surface area (Å²) >= 11 is 0. The lowest BCUT2D eigenvalue weighted by Gasteiger charge is -2.32. The van der Waals surface area contributed by atoms with Gasteiger partial charge in [0.05, 0.1) is 0 Å². The first kappa shape index (κ1) is 18.6. The average Bonchev–Trinajstić information content (AvgIpc) is 2.43. The first-order chi connectivity index (χ1) is 10.3. The Labute approximate surface area is 133 Å². The third-order valence-electron chi connectivity index (χ3n) is 3.94. The molecule has 2 atom stereocenters. The number of hydrogen-bond acceptors (Lipinski definition) is 2. The molecule has 0 aromatic heterocycles. The zero-order valence-corrected chi connectivity index (χ0v) is 14.2. The molecule has 22 heavy (non-hydrogen) atoms. The highest BCUT2D eigenvalue weighted by Crippen LogP contribution is 2.17. The molecule has 1 aromatic carbocycles. The minimum absolute atomic E-state index is 0.0185. The first-order valence-corrected chi connectivity index (χ1v) is 8.02. The van der Waals surface area contributed by atoms with E-state index in [-0.39, 0.29) is 23.2 Å². The Balaban J connectivity index is 2.54. The largest absolute Gasteiger partial charge is 0.349 e. The fraction of sp³-hybridized carbons (Fsp3) is 0.611. The summed E-state index contributed by atoms with van der Waals surface area (Å²) in [4.78, 5) is 12.3. The van der Waals surface area contributed by atoms with Crippen molar-refractivity contribution < 1.29 is 9.18 Å². The molecule has 0 spiro atoms. The van der Waals surface area contributed by atoms with Crippen LogP contribution in [0.3, 0.4) is 0 Å². The Kier molecular flexibility index (Phi) is 7.01. The Morgan fingerprint density at radius 1 is 1.36 bits per heavy atom. The number of rotatable bonds is 8. The molecule has 1 amide bonds. The van der Waals surface area contributed by atoms with Gasteiger partial charge in [-0.1, -0.05) is 32.9 Å². The summed E-state index contributed by atoms with van der Waals surface area (Å²) < 4.78 is 13.1. The maximum absolute atomic E-state index is 13.1. The van der Waals surface area contributed by atoms with Crippen molar-refractivity contribution in [3.05, 3.63) is 35.6 Å². The van der Waals surface area contributed by atoms with Crippen molar-refractivity contribution in [2.75, 3.05) is 6.54 Å². The summed E-state index contributed by atoms with van der Waals surface area (Å²) in [7, 11) is 0. The standard InChI is InChI=1S/C18H29FN2O/c1-13(2)11-18(4,12-20)21-17(22)14(3)8-9-15-6-5-7-16(19)10-15/h5-7,10,13-14H,8-9,11-12,20H2,1-4H3,(H,21,22). The molecular weight excluding hydrogens is 279 g/mol. The molecule has 0 radical (unpaired) electrons. The molecule has 3 nitrogen and oxygen atoms in total. The number of halogens is 1. The van der Waals surface area contributed by atoms with Crippen LogP contribution in [0.25, 0.3) is 0 Å². The predicted molar refractivity (Wildman–Crippen MR) is 88.9 cm³/mol. The molecule has 0 aliphatic rings. The Bertz CT molecular complexity index is 490. The highest BCUT2D eigenvalue weighted by atomic mass is 19.1. The lowest BCUT2D eigenvalue weighted by molar-refractivity contribution is -0.126. The molecule has 0 saturated heterocycles. The summed E-state index contributed by atoms with van der Waals surface area (Å²) in [5.41, 5.74) is 6.39. The Hall–Kier alpha value is -1.42. The molecule has 2 unspecified atom stereocenters. The van der Waals surface area contributed by atoms with Crippen LogP contribution in [-0.2, 0) is 11.2 Å². The van der Waals surface area contributed by atoms with E-state index in [2.05, 4.69) is 19.2 Å². The van der Waals surface area contributed by atoms with E-state index in [0.717, 1.165) is 12.0 Å². The van der Waals surface area contributed by atoms with Crippen molar-refractivity contribution in [1.29, 1.82) is 0 Å². The second-order valence-corrected chi connectivity index (χ2v) is 6.92. The fourth-order valence-electron chi connectivity index (χ4n) is 2.71. The second-order valence-electron chi connectivity index (χ2n) is 6.92. The van der Waals surface area contributed by atoms with Crippen molar-refractivity contribution in [2.24, 2.45) is 17.6 Å². The average molecular weight is 308 g/mol. The monoisotopic (exact) mass is 308 g/mol. The summed E-state index contributed by atoms with van der Waals surface area (Å²) in [6.07, 6.45) is 2.24. The third-order valence-corrected chi connectivity index (χ3v) is 3.94. The normalized spacial score (nSPS) is 15.4. The van der Waals surface area contributed by atoms with E-state index in [4.69, 9.17) is 5.73 Å². The van der Waals surface area contributed by atoms with Crippen molar-refractivity contribution in [2.45, 2.75) is 52.5 Å². The number of hydrogen-bond donors (Lipinski definition) is 2. The zero-order valence-electron chi connectivity index (χ0n) is 14.2. The van der Waals surface area contributed by atoms with Crippen LogP contribution < -0.4 is 11.1 Å². The molecule has 0 heterocycles. The molecule has 0 bridgehead atoms. The lowest BCUT2D eigenvalue weighted by Crippen LogP contribution is -2.53. The van der Waals surface area contributed by atoms with Crippen LogP contribution in [0.2, 0.25) is 0 Å². The number of aryl methyl sites for hydroxylation is 1. The second kappa shape index (κ2) is 8.28. The Morgan fingerprint density at radius 2 is 2.05 bits per heavy atom. The topological polar surface area (TPSA) is 55.1 Å². The van der Waals surface area contributed by atoms with Crippen LogP contribution in [0.4, 0.5) is 4.39 Å². The highest BCUT2D eigenvalue weighted by Gasteiger charge is 2.27. The number of nitrogens with two attached hydrogens (primary N) is 1. The van der Waals surface area contributed by atoms with Crippen molar-refractivity contribution in [3.63, 3.8) is 0 Å². The summed E-state index contributed by atoms with van der Waals surface area (Å²) in [6, 6.07) is 6.53. The van der Waals surface area contributed by atoms with Gasteiger partial charge in [0.25, 0.3) is 0 Å². The van der Waals surface area contributed by atoms with Crippen LogP contribution in [0.15, 0.2) is 24.3 Å². The fourth-order valence-corrected chi connectivity index (χ4v) is 2.71. The van der Waals surface area contributed by atoms with E-state index >= 15 is 0 Å². The first-order valence-electron chi connectivity index (χ1n) is 8.02. The van der Waals surface area contributed by atoms with Crippen LogP contribution in [-0.4, -0.2) is 18.0 Å². The van der Waals surface area contributed by atoms with E-state index in [9.17, 15) is 9.18 Å². The van der Waals surface area contributed by atoms with Crippen LogP contribution in [0, 0.1) is 17.7 Å². The number of carbonyl (C=O) groups is 1. The van der Waals surface area contributed by atoms with E-state index in [0.29, 0.717) is 25.3 Å². The molecular formula is C18H29FN2O.